The number of fused-ring (bicyclic) bond motifs is 6. The molecule has 0 aliphatic carbocycles. The van der Waals surface area contributed by atoms with Crippen LogP contribution < -0.4 is 0 Å². The first kappa shape index (κ1) is 14.6. The Bertz CT molecular complexity index is 1480. The van der Waals surface area contributed by atoms with Gasteiger partial charge in [-0.3, -0.25) is 0 Å². The first-order valence-corrected chi connectivity index (χ1v) is 9.13. The summed E-state index contributed by atoms with van der Waals surface area (Å²) in [6.07, 6.45) is 0. The first-order valence-electron chi connectivity index (χ1n) is 9.13. The molecule has 6 rings (SSSR count). The molecule has 0 aliphatic heterocycles. The molecule has 4 aromatic carbocycles. The first-order chi connectivity index (χ1) is 13.3. The summed E-state index contributed by atoms with van der Waals surface area (Å²) in [6, 6.07) is 27.1. The Morgan fingerprint density at radius 2 is 1.15 bits per heavy atom. The van der Waals surface area contributed by atoms with E-state index in [2.05, 4.69) is 55.5 Å². The number of para-hydroxylation sites is 2. The third kappa shape index (κ3) is 1.95. The molecule has 0 radical (unpaired) electrons. The van der Waals surface area contributed by atoms with Gasteiger partial charge in [-0.25, -0.2) is 0 Å². The van der Waals surface area contributed by atoms with Crippen molar-refractivity contribution in [1.82, 2.24) is 0 Å². The predicted octanol–water partition coefficient (Wildman–Crippen LogP) is 7.46. The smallest absolute Gasteiger partial charge is 0.138 e. The minimum Gasteiger partial charge on any atom is -0.456 e. The molecule has 0 atom stereocenters. The van der Waals surface area contributed by atoms with Crippen LogP contribution in [0.3, 0.4) is 0 Å². The van der Waals surface area contributed by atoms with Crippen molar-refractivity contribution in [3.05, 3.63) is 84.4 Å². The highest BCUT2D eigenvalue weighted by atomic mass is 16.3. The molecular formula is C25H16O2. The van der Waals surface area contributed by atoms with E-state index in [4.69, 9.17) is 8.83 Å². The number of rotatable bonds is 1. The second-order valence-corrected chi connectivity index (χ2v) is 7.01. The molecule has 2 aromatic heterocycles. The molecule has 2 heteroatoms. The number of aryl methyl sites for hydroxylation is 1. The topological polar surface area (TPSA) is 26.3 Å². The van der Waals surface area contributed by atoms with Crippen LogP contribution in [-0.4, -0.2) is 0 Å². The summed E-state index contributed by atoms with van der Waals surface area (Å²) in [6.45, 7) is 2.10. The van der Waals surface area contributed by atoms with Gasteiger partial charge in [0.1, 0.15) is 22.3 Å². The molecule has 0 bridgehead atoms. The lowest BCUT2D eigenvalue weighted by Gasteiger charge is -2.07. The van der Waals surface area contributed by atoms with E-state index < -0.39 is 0 Å². The van der Waals surface area contributed by atoms with Gasteiger partial charge in [0.2, 0.25) is 0 Å². The summed E-state index contributed by atoms with van der Waals surface area (Å²) in [5.74, 6) is 0. The summed E-state index contributed by atoms with van der Waals surface area (Å²) in [7, 11) is 0. The van der Waals surface area contributed by atoms with E-state index >= 15 is 0 Å². The van der Waals surface area contributed by atoms with E-state index in [0.717, 1.165) is 44.1 Å². The molecule has 0 fully saturated rings. The summed E-state index contributed by atoms with van der Waals surface area (Å²) in [4.78, 5) is 0. The van der Waals surface area contributed by atoms with E-state index in [1.54, 1.807) is 0 Å². The van der Waals surface area contributed by atoms with Crippen molar-refractivity contribution in [1.29, 1.82) is 0 Å². The molecule has 0 spiro atoms. The standard InChI is InChI=1S/C25H16O2/c1-15-13-14-17(24-19-8-3-5-11-21(19)27-25(15)24)16-9-6-12-22-23(16)18-7-2-4-10-20(18)26-22/h2-14H,1H3. The van der Waals surface area contributed by atoms with Gasteiger partial charge in [-0.2, -0.15) is 0 Å². The summed E-state index contributed by atoms with van der Waals surface area (Å²) < 4.78 is 12.3. The Hall–Kier alpha value is -3.52. The number of hydrogen-bond acceptors (Lipinski definition) is 2. The van der Waals surface area contributed by atoms with Crippen molar-refractivity contribution in [3.8, 4) is 11.1 Å². The van der Waals surface area contributed by atoms with Crippen molar-refractivity contribution in [3.63, 3.8) is 0 Å². The maximum absolute atomic E-state index is 6.20. The summed E-state index contributed by atoms with van der Waals surface area (Å²) in [5.41, 5.74) is 7.21. The molecular weight excluding hydrogens is 332 g/mol. The molecule has 0 N–H and O–H groups in total. The van der Waals surface area contributed by atoms with Gasteiger partial charge in [0.15, 0.2) is 0 Å². The molecule has 128 valence electrons. The van der Waals surface area contributed by atoms with Crippen LogP contribution in [0.15, 0.2) is 87.7 Å². The van der Waals surface area contributed by atoms with Gasteiger partial charge < -0.3 is 8.83 Å². The van der Waals surface area contributed by atoms with Gasteiger partial charge in [0.05, 0.1) is 0 Å². The molecule has 0 aliphatic rings. The molecule has 27 heavy (non-hydrogen) atoms. The second-order valence-electron chi connectivity index (χ2n) is 7.01. The van der Waals surface area contributed by atoms with Gasteiger partial charge >= 0.3 is 0 Å². The van der Waals surface area contributed by atoms with Crippen molar-refractivity contribution in [2.45, 2.75) is 6.92 Å². The molecule has 6 aromatic rings. The van der Waals surface area contributed by atoms with Crippen molar-refractivity contribution >= 4 is 43.9 Å². The predicted molar refractivity (Wildman–Crippen MR) is 111 cm³/mol. The molecule has 2 heterocycles. The third-order valence-corrected chi connectivity index (χ3v) is 5.42. The number of furan rings is 2. The zero-order valence-electron chi connectivity index (χ0n) is 14.8. The fourth-order valence-corrected chi connectivity index (χ4v) is 4.18. The van der Waals surface area contributed by atoms with Crippen LogP contribution in [0.4, 0.5) is 0 Å². The van der Waals surface area contributed by atoms with Crippen LogP contribution in [0, 0.1) is 6.92 Å². The molecule has 0 amide bonds. The van der Waals surface area contributed by atoms with Gasteiger partial charge in [0.25, 0.3) is 0 Å². The monoisotopic (exact) mass is 348 g/mol. The Labute approximate surface area is 155 Å². The SMILES string of the molecule is Cc1ccc(-c2cccc3oc4ccccc4c23)c2c1oc1ccccc12. The molecule has 2 nitrogen and oxygen atoms in total. The number of hydrogen-bond donors (Lipinski definition) is 0. The van der Waals surface area contributed by atoms with Crippen LogP contribution in [0.1, 0.15) is 5.56 Å². The minimum atomic E-state index is 0.912. The summed E-state index contributed by atoms with van der Waals surface area (Å²) in [5, 5.41) is 4.62. The van der Waals surface area contributed by atoms with Crippen molar-refractivity contribution in [2.24, 2.45) is 0 Å². The van der Waals surface area contributed by atoms with Gasteiger partial charge in [-0.15, -0.1) is 0 Å². The van der Waals surface area contributed by atoms with Gasteiger partial charge in [0, 0.05) is 21.5 Å². The molecule has 0 unspecified atom stereocenters. The van der Waals surface area contributed by atoms with Crippen LogP contribution >= 0.6 is 0 Å². The number of benzene rings is 4. The fraction of sp³-hybridized carbons (Fsp3) is 0.0400. The Balaban J connectivity index is 1.83. The molecule has 0 saturated carbocycles. The maximum Gasteiger partial charge on any atom is 0.138 e. The van der Waals surface area contributed by atoms with E-state index in [1.165, 1.54) is 16.5 Å². The van der Waals surface area contributed by atoms with Crippen LogP contribution in [0.5, 0.6) is 0 Å². The van der Waals surface area contributed by atoms with E-state index in [9.17, 15) is 0 Å². The highest BCUT2D eigenvalue weighted by molar-refractivity contribution is 6.19. The van der Waals surface area contributed by atoms with E-state index in [0.29, 0.717) is 0 Å². The Kier molecular flexibility index (Phi) is 2.84. The van der Waals surface area contributed by atoms with Crippen molar-refractivity contribution < 1.29 is 8.83 Å². The zero-order chi connectivity index (χ0) is 18.0. The lowest BCUT2D eigenvalue weighted by molar-refractivity contribution is 0.666. The largest absolute Gasteiger partial charge is 0.456 e. The molecule has 0 saturated heterocycles. The van der Waals surface area contributed by atoms with Crippen molar-refractivity contribution in [2.75, 3.05) is 0 Å². The van der Waals surface area contributed by atoms with Crippen LogP contribution in [-0.2, 0) is 0 Å². The van der Waals surface area contributed by atoms with Gasteiger partial charge in [-0.05, 0) is 41.8 Å². The third-order valence-electron chi connectivity index (χ3n) is 5.42. The Morgan fingerprint density at radius 1 is 0.519 bits per heavy atom. The lowest BCUT2D eigenvalue weighted by Crippen LogP contribution is -1.83. The fourth-order valence-electron chi connectivity index (χ4n) is 4.18. The highest BCUT2D eigenvalue weighted by Gasteiger charge is 2.18. The van der Waals surface area contributed by atoms with Gasteiger partial charge in [-0.1, -0.05) is 60.7 Å². The maximum atomic E-state index is 6.20. The highest BCUT2D eigenvalue weighted by Crippen LogP contribution is 2.42. The average molecular weight is 348 g/mol. The zero-order valence-corrected chi connectivity index (χ0v) is 14.8. The minimum absolute atomic E-state index is 0.912. The lowest BCUT2D eigenvalue weighted by atomic mass is 9.94. The van der Waals surface area contributed by atoms with Crippen LogP contribution in [0.2, 0.25) is 0 Å². The quantitative estimate of drug-likeness (QED) is 0.308. The van der Waals surface area contributed by atoms with E-state index in [1.807, 2.05) is 30.3 Å². The normalized spacial score (nSPS) is 11.9. The van der Waals surface area contributed by atoms with E-state index in [-0.39, 0.29) is 0 Å². The average Bonchev–Trinajstić information content (AvgIpc) is 3.28. The second kappa shape index (κ2) is 5.24. The Morgan fingerprint density at radius 3 is 1.96 bits per heavy atom. The van der Waals surface area contributed by atoms with Crippen LogP contribution in [0.25, 0.3) is 55.0 Å². The summed E-state index contributed by atoms with van der Waals surface area (Å²) >= 11 is 0.